The molecule has 0 spiro atoms. The number of rotatable bonds is 5. The summed E-state index contributed by atoms with van der Waals surface area (Å²) in [5, 5.41) is 10.6. The topological polar surface area (TPSA) is 57.5 Å². The van der Waals surface area contributed by atoms with Gasteiger partial charge in [0, 0.05) is 19.6 Å². The van der Waals surface area contributed by atoms with Crippen LogP contribution in [0, 0.1) is 6.92 Å². The van der Waals surface area contributed by atoms with E-state index in [1.165, 1.54) is 18.2 Å². The minimum absolute atomic E-state index is 0.349. The molecular formula is C20H24N4O2. The summed E-state index contributed by atoms with van der Waals surface area (Å²) in [6, 6.07) is 15.5. The number of carbonyl (C=O) groups excluding carboxylic acids is 1. The molecule has 6 heteroatoms. The van der Waals surface area contributed by atoms with E-state index in [0.717, 1.165) is 38.4 Å². The first kappa shape index (κ1) is 18.1. The highest BCUT2D eigenvalue weighted by Gasteiger charge is 2.16. The average Bonchev–Trinajstić information content (AvgIpc) is 2.69. The van der Waals surface area contributed by atoms with E-state index in [1.54, 1.807) is 24.3 Å². The second kappa shape index (κ2) is 8.58. The molecule has 2 aromatic rings. The molecule has 0 N–H and O–H groups in total. The van der Waals surface area contributed by atoms with Crippen LogP contribution in [0.15, 0.2) is 58.9 Å². The van der Waals surface area contributed by atoms with Crippen LogP contribution in [0.5, 0.6) is 0 Å². The lowest BCUT2D eigenvalue weighted by Gasteiger charge is -2.32. The Morgan fingerprint density at radius 3 is 2.38 bits per heavy atom. The normalized spacial score (nSPS) is 15.4. The smallest absolute Gasteiger partial charge is 0.337 e. The number of hydrogen-bond acceptors (Lipinski definition) is 5. The lowest BCUT2D eigenvalue weighted by atomic mass is 10.1. The van der Waals surface area contributed by atoms with Gasteiger partial charge in [0.2, 0.25) is 0 Å². The Bertz CT molecular complexity index is 766. The molecule has 1 fully saturated rings. The van der Waals surface area contributed by atoms with Gasteiger partial charge in [-0.3, -0.25) is 9.91 Å². The molecule has 6 nitrogen and oxygen atoms in total. The Kier molecular flexibility index (Phi) is 5.96. The van der Waals surface area contributed by atoms with Crippen LogP contribution in [0.2, 0.25) is 0 Å². The molecule has 1 heterocycles. The maximum atomic E-state index is 11.4. The fraction of sp³-hybridized carbons (Fsp3) is 0.350. The second-order valence-corrected chi connectivity index (χ2v) is 6.38. The number of methoxy groups -OCH3 is 1. The lowest BCUT2D eigenvalue weighted by Crippen LogP contribution is -2.43. The quantitative estimate of drug-likeness (QED) is 0.609. The van der Waals surface area contributed by atoms with E-state index in [-0.39, 0.29) is 5.97 Å². The maximum absolute atomic E-state index is 11.4. The van der Waals surface area contributed by atoms with Crippen molar-refractivity contribution in [3.63, 3.8) is 0 Å². The summed E-state index contributed by atoms with van der Waals surface area (Å²) in [5.41, 5.74) is 3.95. The van der Waals surface area contributed by atoms with Crippen LogP contribution in [0.1, 0.15) is 21.5 Å². The SMILES string of the molecule is COC(=O)c1ccc(/N=N/N2CCN(Cc3ccccc3C)CC2)cc1. The molecule has 0 atom stereocenters. The summed E-state index contributed by atoms with van der Waals surface area (Å²) in [6.07, 6.45) is 0. The van der Waals surface area contributed by atoms with Gasteiger partial charge in [-0.1, -0.05) is 29.5 Å². The highest BCUT2D eigenvalue weighted by Crippen LogP contribution is 2.16. The van der Waals surface area contributed by atoms with Crippen molar-refractivity contribution in [3.05, 3.63) is 65.2 Å². The summed E-state index contributed by atoms with van der Waals surface area (Å²) in [5.74, 6) is -0.349. The summed E-state index contributed by atoms with van der Waals surface area (Å²) in [4.78, 5) is 13.9. The van der Waals surface area contributed by atoms with Crippen molar-refractivity contribution in [3.8, 4) is 0 Å². The predicted octanol–water partition coefficient (Wildman–Crippen LogP) is 3.60. The van der Waals surface area contributed by atoms with Gasteiger partial charge in [0.1, 0.15) is 0 Å². The highest BCUT2D eigenvalue weighted by molar-refractivity contribution is 5.89. The van der Waals surface area contributed by atoms with Gasteiger partial charge in [-0.15, -0.1) is 5.11 Å². The molecule has 0 radical (unpaired) electrons. The van der Waals surface area contributed by atoms with Crippen molar-refractivity contribution in [2.75, 3.05) is 33.3 Å². The Morgan fingerprint density at radius 1 is 1.04 bits per heavy atom. The van der Waals surface area contributed by atoms with E-state index in [4.69, 9.17) is 0 Å². The third kappa shape index (κ3) is 4.67. The lowest BCUT2D eigenvalue weighted by molar-refractivity contribution is 0.0601. The molecule has 136 valence electrons. The molecule has 1 aliphatic heterocycles. The van der Waals surface area contributed by atoms with Crippen molar-refractivity contribution < 1.29 is 9.53 Å². The number of benzene rings is 2. The predicted molar refractivity (Wildman–Crippen MR) is 100 cm³/mol. The van der Waals surface area contributed by atoms with Gasteiger partial charge in [0.15, 0.2) is 0 Å². The zero-order valence-corrected chi connectivity index (χ0v) is 15.3. The Morgan fingerprint density at radius 2 is 1.73 bits per heavy atom. The number of hydrogen-bond donors (Lipinski definition) is 0. The molecule has 0 bridgehead atoms. The van der Waals surface area contributed by atoms with E-state index >= 15 is 0 Å². The molecule has 1 aliphatic rings. The molecular weight excluding hydrogens is 328 g/mol. The number of aryl methyl sites for hydroxylation is 1. The molecule has 0 aromatic heterocycles. The zero-order chi connectivity index (χ0) is 18.4. The Labute approximate surface area is 154 Å². The maximum Gasteiger partial charge on any atom is 0.337 e. The number of nitrogens with zero attached hydrogens (tertiary/aromatic N) is 4. The number of carbonyl (C=O) groups is 1. The van der Waals surface area contributed by atoms with Crippen molar-refractivity contribution in [1.82, 2.24) is 9.91 Å². The van der Waals surface area contributed by atoms with Gasteiger partial charge in [-0.25, -0.2) is 4.79 Å². The number of ether oxygens (including phenoxy) is 1. The van der Waals surface area contributed by atoms with Crippen LogP contribution in [-0.2, 0) is 11.3 Å². The van der Waals surface area contributed by atoms with Crippen molar-refractivity contribution in [2.45, 2.75) is 13.5 Å². The van der Waals surface area contributed by atoms with Crippen LogP contribution in [0.4, 0.5) is 5.69 Å². The van der Waals surface area contributed by atoms with Crippen LogP contribution < -0.4 is 0 Å². The van der Waals surface area contributed by atoms with Crippen LogP contribution in [0.3, 0.4) is 0 Å². The largest absolute Gasteiger partial charge is 0.465 e. The minimum Gasteiger partial charge on any atom is -0.465 e. The molecule has 0 saturated carbocycles. The van der Waals surface area contributed by atoms with Gasteiger partial charge in [0.05, 0.1) is 31.5 Å². The zero-order valence-electron chi connectivity index (χ0n) is 15.3. The average molecular weight is 352 g/mol. The molecule has 0 amide bonds. The summed E-state index contributed by atoms with van der Waals surface area (Å²) in [7, 11) is 1.37. The summed E-state index contributed by atoms with van der Waals surface area (Å²) < 4.78 is 4.69. The van der Waals surface area contributed by atoms with Gasteiger partial charge in [-0.05, 0) is 42.3 Å². The van der Waals surface area contributed by atoms with E-state index in [1.807, 2.05) is 5.01 Å². The molecule has 1 saturated heterocycles. The fourth-order valence-corrected chi connectivity index (χ4v) is 2.91. The van der Waals surface area contributed by atoms with Crippen molar-refractivity contribution >= 4 is 11.7 Å². The second-order valence-electron chi connectivity index (χ2n) is 6.38. The van der Waals surface area contributed by atoms with E-state index < -0.39 is 0 Å². The van der Waals surface area contributed by atoms with Crippen LogP contribution >= 0.6 is 0 Å². The van der Waals surface area contributed by atoms with Crippen molar-refractivity contribution in [1.29, 1.82) is 0 Å². The first-order valence-electron chi connectivity index (χ1n) is 8.77. The standard InChI is InChI=1S/C20H24N4O2/c1-16-5-3-4-6-18(16)15-23-11-13-24(14-12-23)22-21-19-9-7-17(8-10-19)20(25)26-2/h3-10H,11-15H2,1-2H3/b22-21+. The van der Waals surface area contributed by atoms with Gasteiger partial charge < -0.3 is 4.74 Å². The highest BCUT2D eigenvalue weighted by atomic mass is 16.5. The van der Waals surface area contributed by atoms with E-state index in [2.05, 4.69) is 51.2 Å². The van der Waals surface area contributed by atoms with Gasteiger partial charge >= 0.3 is 5.97 Å². The minimum atomic E-state index is -0.349. The van der Waals surface area contributed by atoms with Crippen LogP contribution in [-0.4, -0.2) is 49.2 Å². The molecule has 0 unspecified atom stereocenters. The molecule has 3 rings (SSSR count). The van der Waals surface area contributed by atoms with Gasteiger partial charge in [0.25, 0.3) is 0 Å². The Balaban J connectivity index is 1.50. The third-order valence-electron chi connectivity index (χ3n) is 4.58. The summed E-state index contributed by atoms with van der Waals surface area (Å²) >= 11 is 0. The Hall–Kier alpha value is -2.73. The van der Waals surface area contributed by atoms with E-state index in [0.29, 0.717) is 5.56 Å². The molecule has 2 aromatic carbocycles. The van der Waals surface area contributed by atoms with Crippen molar-refractivity contribution in [2.24, 2.45) is 10.3 Å². The first-order valence-corrected chi connectivity index (χ1v) is 8.77. The van der Waals surface area contributed by atoms with Crippen LogP contribution in [0.25, 0.3) is 0 Å². The summed E-state index contributed by atoms with van der Waals surface area (Å²) in [6.45, 7) is 6.78. The number of piperazine rings is 1. The van der Waals surface area contributed by atoms with Gasteiger partial charge in [-0.2, -0.15) is 0 Å². The fourth-order valence-electron chi connectivity index (χ4n) is 2.91. The first-order chi connectivity index (χ1) is 12.7. The third-order valence-corrected chi connectivity index (χ3v) is 4.58. The number of esters is 1. The monoisotopic (exact) mass is 352 g/mol. The van der Waals surface area contributed by atoms with E-state index in [9.17, 15) is 4.79 Å². The molecule has 26 heavy (non-hydrogen) atoms. The molecule has 0 aliphatic carbocycles.